The minimum Gasteiger partial charge on any atom is -0.378 e. The van der Waals surface area contributed by atoms with Crippen molar-refractivity contribution in [2.45, 2.75) is 47.1 Å². The van der Waals surface area contributed by atoms with Crippen LogP contribution in [-0.4, -0.2) is 18.5 Å². The average Bonchev–Trinajstić information content (AvgIpc) is 2.00. The van der Waals surface area contributed by atoms with E-state index in [9.17, 15) is 4.79 Å². The summed E-state index contributed by atoms with van der Waals surface area (Å²) in [6.07, 6.45) is 0. The van der Waals surface area contributed by atoms with Gasteiger partial charge in [0, 0.05) is 18.4 Å². The van der Waals surface area contributed by atoms with Crippen molar-refractivity contribution >= 4 is 5.78 Å². The predicted octanol–water partition coefficient (Wildman–Crippen LogP) is 2.66. The quantitative estimate of drug-likeness (QED) is 0.677. The molecule has 13 heavy (non-hydrogen) atoms. The van der Waals surface area contributed by atoms with Gasteiger partial charge in [0.2, 0.25) is 0 Å². The van der Waals surface area contributed by atoms with E-state index in [4.69, 9.17) is 4.74 Å². The smallest absolute Gasteiger partial charge is 0.143 e. The van der Waals surface area contributed by atoms with Gasteiger partial charge in [-0.25, -0.2) is 0 Å². The fourth-order valence-corrected chi connectivity index (χ4v) is 1.14. The second kappa shape index (κ2) is 3.79. The number of ketones is 1. The summed E-state index contributed by atoms with van der Waals surface area (Å²) in [5.41, 5.74) is -0.653. The summed E-state index contributed by atoms with van der Waals surface area (Å²) >= 11 is 0. The van der Waals surface area contributed by atoms with Crippen LogP contribution in [-0.2, 0) is 9.53 Å². The first-order valence-electron chi connectivity index (χ1n) is 4.72. The van der Waals surface area contributed by atoms with E-state index >= 15 is 0 Å². The summed E-state index contributed by atoms with van der Waals surface area (Å²) < 4.78 is 5.29. The van der Waals surface area contributed by atoms with Crippen LogP contribution in [0.5, 0.6) is 0 Å². The fraction of sp³-hybridized carbons (Fsp3) is 0.909. The number of ether oxygens (including phenoxy) is 1. The van der Waals surface area contributed by atoms with Crippen molar-refractivity contribution in [3.63, 3.8) is 0 Å². The van der Waals surface area contributed by atoms with Crippen LogP contribution in [0.15, 0.2) is 0 Å². The van der Waals surface area contributed by atoms with Gasteiger partial charge in [-0.2, -0.15) is 0 Å². The maximum Gasteiger partial charge on any atom is 0.143 e. The summed E-state index contributed by atoms with van der Waals surface area (Å²) in [6, 6.07) is 0. The van der Waals surface area contributed by atoms with E-state index < -0.39 is 0 Å². The maximum absolute atomic E-state index is 11.9. The molecule has 0 N–H and O–H groups in total. The number of hydrogen-bond donors (Lipinski definition) is 0. The first-order chi connectivity index (χ1) is 5.63. The van der Waals surface area contributed by atoms with Crippen molar-refractivity contribution in [1.29, 1.82) is 0 Å². The lowest BCUT2D eigenvalue weighted by Gasteiger charge is -2.33. The van der Waals surface area contributed by atoms with Gasteiger partial charge in [0.15, 0.2) is 0 Å². The highest BCUT2D eigenvalue weighted by molar-refractivity contribution is 5.86. The minimum absolute atomic E-state index is 0.0718. The Balaban J connectivity index is 4.62. The van der Waals surface area contributed by atoms with Crippen LogP contribution >= 0.6 is 0 Å². The number of Topliss-reactive ketones (excluding diaryl/α,β-unsaturated/α-hetero) is 1. The van der Waals surface area contributed by atoms with Gasteiger partial charge < -0.3 is 4.74 Å². The molecule has 0 spiro atoms. The molecule has 0 radical (unpaired) electrons. The Hall–Kier alpha value is -0.370. The maximum atomic E-state index is 11.9. The van der Waals surface area contributed by atoms with Crippen molar-refractivity contribution in [3.8, 4) is 0 Å². The molecule has 78 valence electrons. The van der Waals surface area contributed by atoms with Gasteiger partial charge in [0.05, 0.1) is 5.60 Å². The van der Waals surface area contributed by atoms with E-state index in [-0.39, 0.29) is 22.7 Å². The molecular formula is C11H22O2. The SMILES string of the molecule is COC(C)(C)C(C)C(=O)C(C)(C)C. The monoisotopic (exact) mass is 186 g/mol. The molecule has 0 heterocycles. The van der Waals surface area contributed by atoms with Gasteiger partial charge in [0.25, 0.3) is 0 Å². The first-order valence-corrected chi connectivity index (χ1v) is 4.72. The summed E-state index contributed by atoms with van der Waals surface area (Å²) in [7, 11) is 1.65. The van der Waals surface area contributed by atoms with Gasteiger partial charge in [-0.15, -0.1) is 0 Å². The lowest BCUT2D eigenvalue weighted by Crippen LogP contribution is -2.41. The van der Waals surface area contributed by atoms with Crippen LogP contribution in [0.3, 0.4) is 0 Å². The molecule has 0 amide bonds. The Morgan fingerprint density at radius 2 is 1.54 bits per heavy atom. The van der Waals surface area contributed by atoms with E-state index in [0.29, 0.717) is 0 Å². The second-order valence-electron chi connectivity index (χ2n) is 5.14. The largest absolute Gasteiger partial charge is 0.378 e. The van der Waals surface area contributed by atoms with E-state index in [0.717, 1.165) is 0 Å². The first kappa shape index (κ1) is 12.6. The summed E-state index contributed by atoms with van der Waals surface area (Å²) in [6.45, 7) is 11.6. The van der Waals surface area contributed by atoms with Crippen molar-refractivity contribution in [2.75, 3.05) is 7.11 Å². The Morgan fingerprint density at radius 3 is 1.77 bits per heavy atom. The number of methoxy groups -OCH3 is 1. The molecular weight excluding hydrogens is 164 g/mol. The topological polar surface area (TPSA) is 26.3 Å². The van der Waals surface area contributed by atoms with Crippen LogP contribution in [0.4, 0.5) is 0 Å². The molecule has 1 atom stereocenters. The Bertz CT molecular complexity index is 187. The van der Waals surface area contributed by atoms with E-state index in [1.807, 2.05) is 41.5 Å². The van der Waals surface area contributed by atoms with Crippen LogP contribution < -0.4 is 0 Å². The van der Waals surface area contributed by atoms with Gasteiger partial charge in [-0.05, 0) is 13.8 Å². The third kappa shape index (κ3) is 3.11. The van der Waals surface area contributed by atoms with Crippen molar-refractivity contribution in [3.05, 3.63) is 0 Å². The molecule has 0 aliphatic heterocycles. The lowest BCUT2D eigenvalue weighted by molar-refractivity contribution is -0.139. The van der Waals surface area contributed by atoms with Crippen molar-refractivity contribution < 1.29 is 9.53 Å². The van der Waals surface area contributed by atoms with E-state index in [1.165, 1.54) is 0 Å². The fourth-order valence-electron chi connectivity index (χ4n) is 1.14. The molecule has 0 aliphatic carbocycles. The highest BCUT2D eigenvalue weighted by atomic mass is 16.5. The molecule has 0 aromatic rings. The second-order valence-corrected chi connectivity index (χ2v) is 5.14. The molecule has 0 saturated heterocycles. The zero-order chi connectivity index (χ0) is 10.9. The molecule has 2 nitrogen and oxygen atoms in total. The van der Waals surface area contributed by atoms with Gasteiger partial charge in [-0.3, -0.25) is 4.79 Å². The molecule has 0 bridgehead atoms. The summed E-state index contributed by atoms with van der Waals surface area (Å²) in [5, 5.41) is 0. The van der Waals surface area contributed by atoms with Crippen molar-refractivity contribution in [1.82, 2.24) is 0 Å². The van der Waals surface area contributed by atoms with E-state index in [2.05, 4.69) is 0 Å². The lowest BCUT2D eigenvalue weighted by atomic mass is 9.77. The minimum atomic E-state index is -0.371. The third-order valence-corrected chi connectivity index (χ3v) is 2.70. The molecule has 0 fully saturated rings. The van der Waals surface area contributed by atoms with Crippen LogP contribution in [0, 0.1) is 11.3 Å². The summed E-state index contributed by atoms with van der Waals surface area (Å²) in [5.74, 6) is 0.178. The number of rotatable bonds is 3. The Labute approximate surface area is 81.7 Å². The molecule has 0 saturated carbocycles. The summed E-state index contributed by atoms with van der Waals surface area (Å²) in [4.78, 5) is 11.9. The molecule has 0 aliphatic rings. The van der Waals surface area contributed by atoms with Gasteiger partial charge in [0.1, 0.15) is 5.78 Å². The number of hydrogen-bond acceptors (Lipinski definition) is 2. The highest BCUT2D eigenvalue weighted by Gasteiger charge is 2.36. The standard InChI is InChI=1S/C11H22O2/c1-8(11(5,6)13-7)9(12)10(2,3)4/h8H,1-7H3. The van der Waals surface area contributed by atoms with Crippen LogP contribution in [0.25, 0.3) is 0 Å². The molecule has 0 aromatic heterocycles. The average molecular weight is 186 g/mol. The molecule has 0 aromatic carbocycles. The normalized spacial score (nSPS) is 15.6. The molecule has 1 unspecified atom stereocenters. The van der Waals surface area contributed by atoms with E-state index in [1.54, 1.807) is 7.11 Å². The predicted molar refractivity (Wildman–Crippen MR) is 54.7 cm³/mol. The van der Waals surface area contributed by atoms with Crippen LogP contribution in [0.1, 0.15) is 41.5 Å². The number of carbonyl (C=O) groups is 1. The molecule has 2 heteroatoms. The van der Waals surface area contributed by atoms with Gasteiger partial charge in [-0.1, -0.05) is 27.7 Å². The Kier molecular flexibility index (Phi) is 3.68. The van der Waals surface area contributed by atoms with Gasteiger partial charge >= 0.3 is 0 Å². The number of carbonyl (C=O) groups excluding carboxylic acids is 1. The zero-order valence-corrected chi connectivity index (χ0v) is 9.89. The van der Waals surface area contributed by atoms with Crippen molar-refractivity contribution in [2.24, 2.45) is 11.3 Å². The zero-order valence-electron chi connectivity index (χ0n) is 9.89. The third-order valence-electron chi connectivity index (χ3n) is 2.70. The Morgan fingerprint density at radius 1 is 1.15 bits per heavy atom. The highest BCUT2D eigenvalue weighted by Crippen LogP contribution is 2.28. The molecule has 0 rings (SSSR count). The van der Waals surface area contributed by atoms with Crippen LogP contribution in [0.2, 0.25) is 0 Å².